The van der Waals surface area contributed by atoms with E-state index in [0.29, 0.717) is 10.8 Å². The van der Waals surface area contributed by atoms with E-state index in [9.17, 15) is 8.42 Å². The topological polar surface area (TPSA) is 37.4 Å². The molecule has 0 amide bonds. The third kappa shape index (κ3) is 3.20. The fourth-order valence-electron chi connectivity index (χ4n) is 1.31. The van der Waals surface area contributed by atoms with Gasteiger partial charge in [-0.05, 0) is 30.5 Å². The summed E-state index contributed by atoms with van der Waals surface area (Å²) in [6.45, 7) is 0. The van der Waals surface area contributed by atoms with E-state index >= 15 is 0 Å². The lowest BCUT2D eigenvalue weighted by Gasteiger charge is -2.11. The summed E-state index contributed by atoms with van der Waals surface area (Å²) in [5.41, 5.74) is 1.11. The summed E-state index contributed by atoms with van der Waals surface area (Å²) in [6.07, 6.45) is 1.78. The second-order valence-corrected chi connectivity index (χ2v) is 6.25. The SMILES string of the molecule is CN(C)S(=O)(=O)c1ccc(CCCCl)cc1. The van der Waals surface area contributed by atoms with Crippen LogP contribution in [0.25, 0.3) is 0 Å². The van der Waals surface area contributed by atoms with E-state index in [2.05, 4.69) is 0 Å². The summed E-state index contributed by atoms with van der Waals surface area (Å²) in [7, 11) is -0.258. The molecule has 0 aliphatic heterocycles. The van der Waals surface area contributed by atoms with Crippen molar-refractivity contribution in [3.8, 4) is 0 Å². The molecule has 3 nitrogen and oxygen atoms in total. The highest BCUT2D eigenvalue weighted by Gasteiger charge is 2.16. The molecule has 1 rings (SSSR count). The predicted molar refractivity (Wildman–Crippen MR) is 66.4 cm³/mol. The zero-order valence-corrected chi connectivity index (χ0v) is 11.1. The Morgan fingerprint density at radius 1 is 1.19 bits per heavy atom. The molecule has 0 heterocycles. The van der Waals surface area contributed by atoms with Crippen molar-refractivity contribution in [2.75, 3.05) is 20.0 Å². The molecule has 16 heavy (non-hydrogen) atoms. The van der Waals surface area contributed by atoms with Gasteiger partial charge in [-0.25, -0.2) is 12.7 Å². The molecule has 90 valence electrons. The Labute approximate surface area is 102 Å². The predicted octanol–water partition coefficient (Wildman–Crippen LogP) is 2.11. The van der Waals surface area contributed by atoms with Crippen molar-refractivity contribution in [3.05, 3.63) is 29.8 Å². The Balaban J connectivity index is 2.87. The first-order chi connectivity index (χ1) is 7.48. The van der Waals surface area contributed by atoms with E-state index in [0.717, 1.165) is 18.4 Å². The molecule has 0 fully saturated rings. The second-order valence-electron chi connectivity index (χ2n) is 3.72. The van der Waals surface area contributed by atoms with Crippen LogP contribution in [0, 0.1) is 0 Å². The van der Waals surface area contributed by atoms with E-state index < -0.39 is 10.0 Å². The van der Waals surface area contributed by atoms with Crippen molar-refractivity contribution in [1.29, 1.82) is 0 Å². The van der Waals surface area contributed by atoms with Gasteiger partial charge >= 0.3 is 0 Å². The molecule has 0 radical (unpaired) electrons. The summed E-state index contributed by atoms with van der Waals surface area (Å²) in [5.74, 6) is 0.623. The standard InChI is InChI=1S/C11H16ClNO2S/c1-13(2)16(14,15)11-7-5-10(6-8-11)4-3-9-12/h5-8H,3-4,9H2,1-2H3. The molecule has 0 unspecified atom stereocenters. The van der Waals surface area contributed by atoms with Crippen LogP contribution in [0.1, 0.15) is 12.0 Å². The number of benzene rings is 1. The van der Waals surface area contributed by atoms with Gasteiger partial charge in [0.15, 0.2) is 0 Å². The maximum atomic E-state index is 11.8. The van der Waals surface area contributed by atoms with Crippen LogP contribution in [0.4, 0.5) is 0 Å². The molecule has 0 atom stereocenters. The normalized spacial score (nSPS) is 12.0. The van der Waals surface area contributed by atoms with E-state index in [4.69, 9.17) is 11.6 Å². The van der Waals surface area contributed by atoms with Gasteiger partial charge in [0.2, 0.25) is 10.0 Å². The smallest absolute Gasteiger partial charge is 0.207 e. The van der Waals surface area contributed by atoms with Gasteiger partial charge in [0.25, 0.3) is 0 Å². The molecule has 0 N–H and O–H groups in total. The average Bonchev–Trinajstić information content (AvgIpc) is 2.26. The number of nitrogens with zero attached hydrogens (tertiary/aromatic N) is 1. The molecule has 5 heteroatoms. The van der Waals surface area contributed by atoms with Gasteiger partial charge in [-0.2, -0.15) is 0 Å². The Morgan fingerprint density at radius 3 is 2.19 bits per heavy atom. The van der Waals surface area contributed by atoms with Gasteiger partial charge in [-0.15, -0.1) is 11.6 Å². The Morgan fingerprint density at radius 2 is 1.75 bits per heavy atom. The van der Waals surface area contributed by atoms with E-state index in [1.807, 2.05) is 12.1 Å². The summed E-state index contributed by atoms with van der Waals surface area (Å²) in [4.78, 5) is 0.326. The highest BCUT2D eigenvalue weighted by molar-refractivity contribution is 7.89. The Bertz CT molecular complexity index is 426. The van der Waals surface area contributed by atoms with Gasteiger partial charge in [0, 0.05) is 20.0 Å². The van der Waals surface area contributed by atoms with Gasteiger partial charge in [-0.1, -0.05) is 12.1 Å². The summed E-state index contributed by atoms with van der Waals surface area (Å²) < 4.78 is 24.7. The van der Waals surface area contributed by atoms with Crippen molar-refractivity contribution in [2.24, 2.45) is 0 Å². The maximum Gasteiger partial charge on any atom is 0.242 e. The molecule has 0 aromatic heterocycles. The zero-order chi connectivity index (χ0) is 12.2. The Hall–Kier alpha value is -0.580. The number of aryl methyl sites for hydroxylation is 1. The van der Waals surface area contributed by atoms with Gasteiger partial charge in [0.1, 0.15) is 0 Å². The first-order valence-corrected chi connectivity index (χ1v) is 7.03. The molecule has 0 spiro atoms. The van der Waals surface area contributed by atoms with Crippen LogP contribution in [0.15, 0.2) is 29.2 Å². The van der Waals surface area contributed by atoms with Crippen LogP contribution < -0.4 is 0 Å². The monoisotopic (exact) mass is 261 g/mol. The first-order valence-electron chi connectivity index (χ1n) is 5.06. The van der Waals surface area contributed by atoms with Crippen LogP contribution in [0.2, 0.25) is 0 Å². The van der Waals surface area contributed by atoms with Crippen molar-refractivity contribution >= 4 is 21.6 Å². The zero-order valence-electron chi connectivity index (χ0n) is 9.48. The maximum absolute atomic E-state index is 11.8. The van der Waals surface area contributed by atoms with Crippen LogP contribution in [-0.2, 0) is 16.4 Å². The highest BCUT2D eigenvalue weighted by Crippen LogP contribution is 2.14. The number of hydrogen-bond acceptors (Lipinski definition) is 2. The fraction of sp³-hybridized carbons (Fsp3) is 0.455. The molecule has 0 aliphatic rings. The molecule has 1 aromatic carbocycles. The summed E-state index contributed by atoms with van der Waals surface area (Å²) in [6, 6.07) is 6.95. The van der Waals surface area contributed by atoms with Gasteiger partial charge in [-0.3, -0.25) is 0 Å². The lowest BCUT2D eigenvalue weighted by Crippen LogP contribution is -2.22. The quantitative estimate of drug-likeness (QED) is 0.762. The number of alkyl halides is 1. The Kier molecular flexibility index (Phi) is 4.77. The molecular formula is C11H16ClNO2S. The van der Waals surface area contributed by atoms with Crippen LogP contribution in [-0.4, -0.2) is 32.7 Å². The summed E-state index contributed by atoms with van der Waals surface area (Å²) in [5, 5.41) is 0. The fourth-order valence-corrected chi connectivity index (χ4v) is 2.35. The lowest BCUT2D eigenvalue weighted by molar-refractivity contribution is 0.520. The molecule has 0 saturated carbocycles. The van der Waals surface area contributed by atoms with E-state index in [1.54, 1.807) is 12.1 Å². The second kappa shape index (κ2) is 5.66. The third-order valence-electron chi connectivity index (χ3n) is 2.30. The van der Waals surface area contributed by atoms with Gasteiger partial charge < -0.3 is 0 Å². The number of rotatable bonds is 5. The highest BCUT2D eigenvalue weighted by atomic mass is 35.5. The minimum atomic E-state index is -3.31. The lowest BCUT2D eigenvalue weighted by atomic mass is 10.1. The molecular weight excluding hydrogens is 246 g/mol. The van der Waals surface area contributed by atoms with Crippen molar-refractivity contribution in [2.45, 2.75) is 17.7 Å². The molecule has 1 aromatic rings. The van der Waals surface area contributed by atoms with E-state index in [1.165, 1.54) is 18.4 Å². The summed E-state index contributed by atoms with van der Waals surface area (Å²) >= 11 is 5.59. The minimum Gasteiger partial charge on any atom is -0.207 e. The van der Waals surface area contributed by atoms with Crippen LogP contribution >= 0.6 is 11.6 Å². The van der Waals surface area contributed by atoms with Crippen molar-refractivity contribution < 1.29 is 8.42 Å². The minimum absolute atomic E-state index is 0.326. The third-order valence-corrected chi connectivity index (χ3v) is 4.40. The average molecular weight is 262 g/mol. The van der Waals surface area contributed by atoms with Crippen molar-refractivity contribution in [3.63, 3.8) is 0 Å². The van der Waals surface area contributed by atoms with E-state index in [-0.39, 0.29) is 0 Å². The largest absolute Gasteiger partial charge is 0.242 e. The van der Waals surface area contributed by atoms with Crippen molar-refractivity contribution in [1.82, 2.24) is 4.31 Å². The molecule has 0 saturated heterocycles. The molecule has 0 bridgehead atoms. The molecule has 0 aliphatic carbocycles. The number of halogens is 1. The van der Waals surface area contributed by atoms with Crippen LogP contribution in [0.5, 0.6) is 0 Å². The first kappa shape index (κ1) is 13.5. The number of sulfonamides is 1. The van der Waals surface area contributed by atoms with Crippen LogP contribution in [0.3, 0.4) is 0 Å². The number of hydrogen-bond donors (Lipinski definition) is 0. The van der Waals surface area contributed by atoms with Gasteiger partial charge in [0.05, 0.1) is 4.90 Å².